The van der Waals surface area contributed by atoms with Gasteiger partial charge in [0.2, 0.25) is 0 Å². The molecule has 4 rings (SSSR count). The number of unbranched alkanes of at least 4 members (excludes halogenated alkanes) is 2. The molecule has 6 heteroatoms. The van der Waals surface area contributed by atoms with E-state index in [0.717, 1.165) is 49.4 Å². The summed E-state index contributed by atoms with van der Waals surface area (Å²) >= 11 is 1.72. The predicted molar refractivity (Wildman–Crippen MR) is 118 cm³/mol. The van der Waals surface area contributed by atoms with Crippen LogP contribution in [0.2, 0.25) is 0 Å². The molecule has 0 amide bonds. The molecule has 1 aromatic heterocycles. The zero-order chi connectivity index (χ0) is 21.0. The van der Waals surface area contributed by atoms with Gasteiger partial charge in [-0.25, -0.2) is 4.98 Å². The summed E-state index contributed by atoms with van der Waals surface area (Å²) in [7, 11) is 0. The summed E-state index contributed by atoms with van der Waals surface area (Å²) in [4.78, 5) is 6.93. The van der Waals surface area contributed by atoms with E-state index in [1.807, 2.05) is 5.51 Å². The molecule has 0 bridgehead atoms. The van der Waals surface area contributed by atoms with Crippen molar-refractivity contribution < 1.29 is 13.2 Å². The highest BCUT2D eigenvalue weighted by Gasteiger charge is 2.29. The fraction of sp³-hybridized carbons (Fsp3) is 0.458. The van der Waals surface area contributed by atoms with Crippen LogP contribution in [0.15, 0.2) is 48.0 Å². The lowest BCUT2D eigenvalue weighted by molar-refractivity contribution is -0.137. The molecule has 160 valence electrons. The van der Waals surface area contributed by atoms with Gasteiger partial charge >= 0.3 is 6.18 Å². The summed E-state index contributed by atoms with van der Waals surface area (Å²) in [6.07, 6.45) is 3.71. The molecule has 0 atom stereocenters. The van der Waals surface area contributed by atoms with E-state index in [9.17, 15) is 13.2 Å². The van der Waals surface area contributed by atoms with Crippen molar-refractivity contribution in [1.82, 2.24) is 4.98 Å². The first-order valence-electron chi connectivity index (χ1n) is 10.7. The first-order valence-corrected chi connectivity index (χ1v) is 11.6. The van der Waals surface area contributed by atoms with Gasteiger partial charge in [0.05, 0.1) is 27.0 Å². The number of fused-ring (bicyclic) bond motifs is 1. The number of thiazole rings is 1. The van der Waals surface area contributed by atoms with Crippen molar-refractivity contribution in [3.05, 3.63) is 59.1 Å². The van der Waals surface area contributed by atoms with Gasteiger partial charge in [0.15, 0.2) is 0 Å². The topological polar surface area (TPSA) is 16.1 Å². The van der Waals surface area contributed by atoms with Crippen LogP contribution in [0.25, 0.3) is 10.2 Å². The summed E-state index contributed by atoms with van der Waals surface area (Å²) in [5, 5.41) is 0. The zero-order valence-corrected chi connectivity index (χ0v) is 17.8. The Bertz CT molecular complexity index is 941. The van der Waals surface area contributed by atoms with Crippen LogP contribution in [0.4, 0.5) is 18.9 Å². The number of aromatic nitrogens is 1. The summed E-state index contributed by atoms with van der Waals surface area (Å²) in [6.45, 7) is 2.21. The summed E-state index contributed by atoms with van der Waals surface area (Å²) in [6, 6.07) is 12.0. The Morgan fingerprint density at radius 1 is 0.967 bits per heavy atom. The quantitative estimate of drug-likeness (QED) is 0.363. The van der Waals surface area contributed by atoms with Crippen LogP contribution in [0, 0.1) is 5.92 Å². The highest BCUT2D eigenvalue weighted by molar-refractivity contribution is 7.17. The molecule has 1 aliphatic heterocycles. The van der Waals surface area contributed by atoms with E-state index < -0.39 is 11.7 Å². The molecule has 1 aliphatic rings. The Morgan fingerprint density at radius 3 is 2.47 bits per heavy atom. The average Bonchev–Trinajstić information content (AvgIpc) is 3.23. The second kappa shape index (κ2) is 9.38. The van der Waals surface area contributed by atoms with E-state index in [4.69, 9.17) is 0 Å². The Balaban J connectivity index is 1.16. The molecular formula is C24H27F3N2S. The minimum atomic E-state index is -4.25. The number of anilines is 1. The summed E-state index contributed by atoms with van der Waals surface area (Å²) in [5.74, 6) is 0.785. The fourth-order valence-electron chi connectivity index (χ4n) is 4.38. The number of halogens is 3. The zero-order valence-electron chi connectivity index (χ0n) is 17.0. The van der Waals surface area contributed by atoms with Crippen LogP contribution in [0.3, 0.4) is 0 Å². The third-order valence-corrected chi connectivity index (χ3v) is 7.01. The Morgan fingerprint density at radius 2 is 1.73 bits per heavy atom. The van der Waals surface area contributed by atoms with Crippen LogP contribution < -0.4 is 4.90 Å². The Hall–Kier alpha value is -2.08. The van der Waals surface area contributed by atoms with Gasteiger partial charge in [-0.3, -0.25) is 0 Å². The lowest BCUT2D eigenvalue weighted by Gasteiger charge is -2.34. The molecule has 30 heavy (non-hydrogen) atoms. The highest BCUT2D eigenvalue weighted by atomic mass is 32.1. The molecular weight excluding hydrogens is 405 g/mol. The maximum atomic E-state index is 12.6. The minimum Gasteiger partial charge on any atom is -0.370 e. The van der Waals surface area contributed by atoms with E-state index in [1.165, 1.54) is 48.2 Å². The Kier molecular flexibility index (Phi) is 6.61. The maximum absolute atomic E-state index is 12.6. The number of rotatable bonds is 7. The van der Waals surface area contributed by atoms with Crippen LogP contribution in [0.5, 0.6) is 0 Å². The molecule has 2 aromatic carbocycles. The number of alkyl halides is 3. The van der Waals surface area contributed by atoms with Gasteiger partial charge in [0.1, 0.15) is 0 Å². The fourth-order valence-corrected chi connectivity index (χ4v) is 5.21. The third kappa shape index (κ3) is 5.15. The molecule has 1 fully saturated rings. The van der Waals surface area contributed by atoms with Gasteiger partial charge in [0.25, 0.3) is 0 Å². The van der Waals surface area contributed by atoms with Crippen molar-refractivity contribution in [1.29, 1.82) is 0 Å². The molecule has 1 saturated heterocycles. The molecule has 0 N–H and O–H groups in total. The molecule has 2 nitrogen and oxygen atoms in total. The monoisotopic (exact) mass is 432 g/mol. The van der Waals surface area contributed by atoms with Gasteiger partial charge in [-0.05, 0) is 61.4 Å². The molecule has 2 heterocycles. The number of hydrogen-bond donors (Lipinski definition) is 0. The number of aryl methyl sites for hydroxylation is 1. The lowest BCUT2D eigenvalue weighted by atomic mass is 9.90. The van der Waals surface area contributed by atoms with Crippen molar-refractivity contribution in [3.8, 4) is 0 Å². The summed E-state index contributed by atoms with van der Waals surface area (Å²) < 4.78 is 39.1. The van der Waals surface area contributed by atoms with E-state index >= 15 is 0 Å². The number of nitrogens with zero attached hydrogens (tertiary/aromatic N) is 2. The normalized spacial score (nSPS) is 15.8. The average molecular weight is 433 g/mol. The van der Waals surface area contributed by atoms with Gasteiger partial charge in [-0.15, -0.1) is 11.3 Å². The molecule has 0 aliphatic carbocycles. The van der Waals surface area contributed by atoms with Gasteiger partial charge in [-0.1, -0.05) is 37.5 Å². The second-order valence-corrected chi connectivity index (χ2v) is 9.06. The molecule has 0 unspecified atom stereocenters. The molecule has 3 aromatic rings. The number of hydrogen-bond acceptors (Lipinski definition) is 3. The van der Waals surface area contributed by atoms with E-state index in [0.29, 0.717) is 0 Å². The van der Waals surface area contributed by atoms with Gasteiger partial charge in [0, 0.05) is 13.1 Å². The molecule has 0 radical (unpaired) electrons. The standard InChI is InChI=1S/C24H27F3N2S/c25-24(26,27)20-11-9-18(10-12-20)5-2-1-3-6-19-13-15-29(16-14-19)22-8-4-7-21-23(22)30-17-28-21/h4,7-12,17,19H,1-3,5-6,13-16H2. The van der Waals surface area contributed by atoms with Crippen molar-refractivity contribution in [2.75, 3.05) is 18.0 Å². The van der Waals surface area contributed by atoms with Crippen LogP contribution in [-0.2, 0) is 12.6 Å². The van der Waals surface area contributed by atoms with Crippen LogP contribution in [-0.4, -0.2) is 18.1 Å². The SMILES string of the molecule is FC(F)(F)c1ccc(CCCCCC2CCN(c3cccc4ncsc34)CC2)cc1. The van der Waals surface area contributed by atoms with Crippen molar-refractivity contribution in [2.24, 2.45) is 5.92 Å². The van der Waals surface area contributed by atoms with Crippen LogP contribution >= 0.6 is 11.3 Å². The van der Waals surface area contributed by atoms with Crippen molar-refractivity contribution in [2.45, 2.75) is 51.1 Å². The number of piperidine rings is 1. The predicted octanol–water partition coefficient (Wildman–Crippen LogP) is 7.33. The lowest BCUT2D eigenvalue weighted by Crippen LogP contribution is -2.33. The largest absolute Gasteiger partial charge is 0.416 e. The molecule has 0 spiro atoms. The Labute approximate surface area is 179 Å². The van der Waals surface area contributed by atoms with Gasteiger partial charge < -0.3 is 4.90 Å². The van der Waals surface area contributed by atoms with E-state index in [2.05, 4.69) is 28.1 Å². The third-order valence-electron chi connectivity index (χ3n) is 6.15. The second-order valence-electron chi connectivity index (χ2n) is 8.20. The maximum Gasteiger partial charge on any atom is 0.416 e. The number of benzene rings is 2. The van der Waals surface area contributed by atoms with Crippen LogP contribution in [0.1, 0.15) is 49.7 Å². The summed E-state index contributed by atoms with van der Waals surface area (Å²) in [5.41, 5.74) is 4.77. The highest BCUT2D eigenvalue weighted by Crippen LogP contribution is 2.33. The first-order chi connectivity index (χ1) is 14.5. The smallest absolute Gasteiger partial charge is 0.370 e. The van der Waals surface area contributed by atoms with E-state index in [-0.39, 0.29) is 0 Å². The first kappa shape index (κ1) is 21.2. The van der Waals surface area contributed by atoms with Gasteiger partial charge in [-0.2, -0.15) is 13.2 Å². The minimum absolute atomic E-state index is 0.566. The van der Waals surface area contributed by atoms with E-state index in [1.54, 1.807) is 23.5 Å². The van der Waals surface area contributed by atoms with Crippen molar-refractivity contribution >= 4 is 27.2 Å². The molecule has 0 saturated carbocycles. The van der Waals surface area contributed by atoms with Crippen molar-refractivity contribution in [3.63, 3.8) is 0 Å².